The molecule has 1 aliphatic heterocycles. The molecule has 0 aliphatic carbocycles. The second kappa shape index (κ2) is 24.7. The predicted molar refractivity (Wildman–Crippen MR) is 216 cm³/mol. The first-order chi connectivity index (χ1) is 26.7. The fourth-order valence-corrected chi connectivity index (χ4v) is 8.40. The monoisotopic (exact) mass is 784 g/mol. The molecule has 0 saturated carbocycles. The lowest BCUT2D eigenvalue weighted by atomic mass is 10.0. The Kier molecular flexibility index (Phi) is 20.1. The average molecular weight is 785 g/mol. The quantitative estimate of drug-likeness (QED) is 0.0514. The zero-order valence-electron chi connectivity index (χ0n) is 33.4. The summed E-state index contributed by atoms with van der Waals surface area (Å²) in [4.78, 5) is 15.0. The molecule has 3 heterocycles. The Morgan fingerprint density at radius 1 is 0.982 bits per heavy atom. The van der Waals surface area contributed by atoms with E-state index in [-0.39, 0.29) is 37.5 Å². The number of likely N-dealkylation sites (N-methyl/N-ethyl adjacent to an activating group) is 1. The number of rotatable bonds is 29. The highest BCUT2D eigenvalue weighted by molar-refractivity contribution is 7.50. The number of nitrogens with zero attached hydrogens (tertiary/aromatic N) is 5. The van der Waals surface area contributed by atoms with Crippen LogP contribution in [0.25, 0.3) is 5.52 Å². The minimum atomic E-state index is -4.18. The summed E-state index contributed by atoms with van der Waals surface area (Å²) < 4.78 is 48.6. The number of nitrogens with two attached hydrogens (primary N) is 1. The molecule has 0 amide bonds. The first-order valence-corrected chi connectivity index (χ1v) is 22.5. The maximum Gasteiger partial charge on any atom is 0.405 e. The van der Waals surface area contributed by atoms with Crippen LogP contribution in [-0.2, 0) is 25.2 Å². The minimum absolute atomic E-state index is 0.0416. The third kappa shape index (κ3) is 15.9. The van der Waals surface area contributed by atoms with Gasteiger partial charge in [0.1, 0.15) is 23.8 Å². The molecule has 1 saturated heterocycles. The van der Waals surface area contributed by atoms with Crippen LogP contribution < -0.4 is 5.73 Å². The summed E-state index contributed by atoms with van der Waals surface area (Å²) in [5, 5.41) is 13.6. The molecular weight excluding hydrogens is 718 g/mol. The highest BCUT2D eigenvalue weighted by Crippen LogP contribution is 2.46. The summed E-state index contributed by atoms with van der Waals surface area (Å²) in [6, 6.07) is 9.89. The summed E-state index contributed by atoms with van der Waals surface area (Å²) in [7, 11) is -2.63. The van der Waals surface area contributed by atoms with Gasteiger partial charge in [0.05, 0.1) is 42.7 Å². The van der Waals surface area contributed by atoms with E-state index in [1.807, 2.05) is 18.2 Å². The van der Waals surface area contributed by atoms with Gasteiger partial charge in [-0.05, 0) is 62.2 Å². The zero-order chi connectivity index (χ0) is 39.3. The second-order valence-corrected chi connectivity index (χ2v) is 17.3. The molecule has 0 radical (unpaired) electrons. The Labute approximate surface area is 328 Å². The fraction of sp³-hybridized carbons (Fsp3) is 0.690. The predicted octanol–water partition coefficient (Wildman–Crippen LogP) is 10.6. The number of hydrogen-bond acceptors (Lipinski definition) is 8. The fourth-order valence-electron chi connectivity index (χ4n) is 7.45. The summed E-state index contributed by atoms with van der Waals surface area (Å²) >= 11 is 0. The molecule has 306 valence electrons. The zero-order valence-corrected chi connectivity index (χ0v) is 34.3. The van der Waals surface area contributed by atoms with Crippen LogP contribution in [0.1, 0.15) is 165 Å². The molecule has 0 bridgehead atoms. The summed E-state index contributed by atoms with van der Waals surface area (Å²) in [5.41, 5.74) is 8.29. The van der Waals surface area contributed by atoms with Gasteiger partial charge in [0.15, 0.2) is 5.82 Å². The number of ether oxygens (including phenoxy) is 2. The molecule has 13 heteroatoms. The molecule has 4 unspecified atom stereocenters. The van der Waals surface area contributed by atoms with Crippen molar-refractivity contribution in [2.75, 3.05) is 25.9 Å². The van der Waals surface area contributed by atoms with Crippen molar-refractivity contribution in [3.63, 3.8) is 0 Å². The van der Waals surface area contributed by atoms with Crippen molar-refractivity contribution in [2.24, 2.45) is 0 Å². The number of nitrogen functional groups attached to an aromatic ring is 1. The van der Waals surface area contributed by atoms with E-state index >= 15 is 0 Å². The molecule has 4 atom stereocenters. The summed E-state index contributed by atoms with van der Waals surface area (Å²) in [6.07, 6.45) is 25.8. The minimum Gasteiger partial charge on any atom is -0.382 e. The van der Waals surface area contributed by atoms with Gasteiger partial charge in [-0.3, -0.25) is 4.52 Å². The van der Waals surface area contributed by atoms with Crippen molar-refractivity contribution >= 4 is 19.1 Å². The highest BCUT2D eigenvalue weighted by Gasteiger charge is 2.34. The number of hydrogen-bond donors (Lipinski definition) is 2. The van der Waals surface area contributed by atoms with Gasteiger partial charge < -0.3 is 20.1 Å². The Morgan fingerprint density at radius 2 is 1.60 bits per heavy atom. The molecule has 3 aromatic rings. The van der Waals surface area contributed by atoms with Crippen molar-refractivity contribution in [3.05, 3.63) is 59.3 Å². The number of benzene rings is 1. The van der Waals surface area contributed by atoms with Crippen LogP contribution in [0.15, 0.2) is 36.7 Å². The molecule has 0 spiro atoms. The first-order valence-electron chi connectivity index (χ1n) is 20.9. The molecule has 55 heavy (non-hydrogen) atoms. The van der Waals surface area contributed by atoms with Crippen LogP contribution in [0.3, 0.4) is 0 Å². The van der Waals surface area contributed by atoms with E-state index in [4.69, 9.17) is 19.7 Å². The third-order valence-corrected chi connectivity index (χ3v) is 12.2. The maximum atomic E-state index is 14.1. The summed E-state index contributed by atoms with van der Waals surface area (Å²) in [5.74, 6) is -0.115. The molecule has 2 aromatic heterocycles. The Bertz CT molecular complexity index is 1640. The number of nitriles is 1. The van der Waals surface area contributed by atoms with E-state index in [1.54, 1.807) is 17.6 Å². The number of unbranched alkanes of at least 4 members (excludes halogenated alkanes) is 17. The average Bonchev–Trinajstić information content (AvgIpc) is 3.83. The SMILES string of the molecule is CCCCCCCCCCCCCCCCCCCCC(CN(C)P(=O)(O)OCC1CCC(c2ccc3c(N)ncnn23)O1)OCc1cc(F)cc(C#N)c1. The van der Waals surface area contributed by atoms with Crippen molar-refractivity contribution < 1.29 is 27.8 Å². The van der Waals surface area contributed by atoms with Gasteiger partial charge in [-0.15, -0.1) is 0 Å². The van der Waals surface area contributed by atoms with Gasteiger partial charge >= 0.3 is 7.75 Å². The maximum absolute atomic E-state index is 14.1. The van der Waals surface area contributed by atoms with Gasteiger partial charge in [-0.2, -0.15) is 10.4 Å². The number of anilines is 1. The molecule has 1 aromatic carbocycles. The summed E-state index contributed by atoms with van der Waals surface area (Å²) in [6.45, 7) is 2.47. The first kappa shape index (κ1) is 44.8. The van der Waals surface area contributed by atoms with E-state index < -0.39 is 19.7 Å². The van der Waals surface area contributed by atoms with E-state index in [0.29, 0.717) is 36.2 Å². The van der Waals surface area contributed by atoms with Crippen molar-refractivity contribution in [3.8, 4) is 6.07 Å². The topological polar surface area (TPSA) is 148 Å². The molecule has 1 fully saturated rings. The van der Waals surface area contributed by atoms with Gasteiger partial charge in [0.25, 0.3) is 0 Å². The lowest BCUT2D eigenvalue weighted by Gasteiger charge is -2.28. The standard InChI is InChI=1S/C42H66FN6O5P/c1-3-4-5-6-7-8-9-10-11-12-13-14-15-16-17-18-19-20-21-37(52-31-35-26-34(29-44)27-36(43)28-35)30-48(2)55(50,51)53-32-38-22-25-41(54-38)39-23-24-40-42(45)46-33-47-49(39)40/h23-24,26-28,33,37-38,41H,3-22,25,30-32H2,1-2H3,(H,50,51)(H2,45,46,47). The molecule has 1 aliphatic rings. The second-order valence-electron chi connectivity index (χ2n) is 15.3. The molecule has 3 N–H and O–H groups in total. The van der Waals surface area contributed by atoms with Crippen LogP contribution >= 0.6 is 7.75 Å². The third-order valence-electron chi connectivity index (χ3n) is 10.7. The van der Waals surface area contributed by atoms with Crippen LogP contribution in [0.4, 0.5) is 10.2 Å². The van der Waals surface area contributed by atoms with Crippen molar-refractivity contribution in [1.29, 1.82) is 5.26 Å². The lowest BCUT2D eigenvalue weighted by molar-refractivity contribution is 0.00335. The molecule has 4 rings (SSSR count). The van der Waals surface area contributed by atoms with Crippen molar-refractivity contribution in [1.82, 2.24) is 19.3 Å². The Morgan fingerprint density at radius 3 is 2.22 bits per heavy atom. The van der Waals surface area contributed by atoms with Crippen LogP contribution in [0.5, 0.6) is 0 Å². The van der Waals surface area contributed by atoms with Crippen LogP contribution in [0, 0.1) is 17.1 Å². The lowest BCUT2D eigenvalue weighted by Crippen LogP contribution is -2.30. The van der Waals surface area contributed by atoms with E-state index in [0.717, 1.165) is 25.0 Å². The normalized spacial score (nSPS) is 17.5. The molecule has 11 nitrogen and oxygen atoms in total. The number of fused-ring (bicyclic) bond motifs is 1. The number of halogens is 1. The van der Waals surface area contributed by atoms with Crippen molar-refractivity contribution in [2.45, 2.75) is 167 Å². The van der Waals surface area contributed by atoms with Gasteiger partial charge in [0.2, 0.25) is 0 Å². The largest absolute Gasteiger partial charge is 0.405 e. The van der Waals surface area contributed by atoms with Gasteiger partial charge in [-0.1, -0.05) is 122 Å². The Balaban J connectivity index is 1.15. The van der Waals surface area contributed by atoms with Gasteiger partial charge in [0, 0.05) is 6.54 Å². The van der Waals surface area contributed by atoms with E-state index in [9.17, 15) is 19.1 Å². The van der Waals surface area contributed by atoms with E-state index in [1.165, 1.54) is 119 Å². The van der Waals surface area contributed by atoms with E-state index in [2.05, 4.69) is 17.0 Å². The van der Waals surface area contributed by atoms with Crippen LogP contribution in [0.2, 0.25) is 0 Å². The number of aromatic nitrogens is 3. The highest BCUT2D eigenvalue weighted by atomic mass is 31.2. The Hall–Kier alpha value is -2.91. The smallest absolute Gasteiger partial charge is 0.382 e. The van der Waals surface area contributed by atoms with Crippen LogP contribution in [-0.4, -0.2) is 56.6 Å². The van der Waals surface area contributed by atoms with Gasteiger partial charge in [-0.25, -0.2) is 23.1 Å². The molecular formula is C42H66FN6O5P.